The van der Waals surface area contributed by atoms with Crippen molar-refractivity contribution < 1.29 is 4.79 Å². The van der Waals surface area contributed by atoms with E-state index in [1.807, 2.05) is 24.3 Å². The highest BCUT2D eigenvalue weighted by Gasteiger charge is 2.22. The molecule has 0 radical (unpaired) electrons. The Hall–Kier alpha value is -1.43. The second-order valence-electron chi connectivity index (χ2n) is 5.95. The summed E-state index contributed by atoms with van der Waals surface area (Å²) in [4.78, 5) is 16.6. The maximum Gasteiger partial charge on any atom is 0.238 e. The molecule has 1 fully saturated rings. The van der Waals surface area contributed by atoms with Gasteiger partial charge in [0.25, 0.3) is 0 Å². The van der Waals surface area contributed by atoms with Crippen molar-refractivity contribution in [2.45, 2.75) is 25.4 Å². The molecule has 1 aromatic carbocycles. The number of rotatable bonds is 5. The number of amides is 1. The molecule has 116 valence electrons. The summed E-state index contributed by atoms with van der Waals surface area (Å²) in [5, 5.41) is 2.96. The van der Waals surface area contributed by atoms with Crippen LogP contribution in [0.5, 0.6) is 0 Å². The van der Waals surface area contributed by atoms with Crippen molar-refractivity contribution in [3.63, 3.8) is 0 Å². The van der Waals surface area contributed by atoms with Gasteiger partial charge in [0.15, 0.2) is 0 Å². The normalized spacial score (nSPS) is 19.7. The maximum atomic E-state index is 12.2. The Morgan fingerprint density at radius 3 is 3.00 bits per heavy atom. The number of piperidine rings is 1. The average molecular weight is 290 g/mol. The number of nitrogens with two attached hydrogens (primary N) is 1. The van der Waals surface area contributed by atoms with Crippen LogP contribution in [0.1, 0.15) is 18.4 Å². The van der Waals surface area contributed by atoms with E-state index >= 15 is 0 Å². The van der Waals surface area contributed by atoms with Crippen LogP contribution in [0.4, 0.5) is 5.69 Å². The Morgan fingerprint density at radius 1 is 1.48 bits per heavy atom. The van der Waals surface area contributed by atoms with Gasteiger partial charge in [-0.1, -0.05) is 12.1 Å². The van der Waals surface area contributed by atoms with Crippen LogP contribution in [0.3, 0.4) is 0 Å². The van der Waals surface area contributed by atoms with E-state index < -0.39 is 0 Å². The number of anilines is 1. The van der Waals surface area contributed by atoms with Crippen molar-refractivity contribution >= 4 is 11.6 Å². The Kier molecular flexibility index (Phi) is 5.73. The van der Waals surface area contributed by atoms with Crippen molar-refractivity contribution in [1.82, 2.24) is 9.80 Å². The summed E-state index contributed by atoms with van der Waals surface area (Å²) in [5.74, 6) is 0.0450. The fraction of sp³-hybridized carbons (Fsp3) is 0.562. The molecule has 0 aromatic heterocycles. The lowest BCUT2D eigenvalue weighted by atomic mass is 10.1. The summed E-state index contributed by atoms with van der Waals surface area (Å²) in [6, 6.07) is 8.25. The number of likely N-dealkylation sites (tertiary alicyclic amines) is 1. The Balaban J connectivity index is 1.86. The second kappa shape index (κ2) is 7.54. The predicted octanol–water partition coefficient (Wildman–Crippen LogP) is 1.11. The van der Waals surface area contributed by atoms with E-state index in [2.05, 4.69) is 29.2 Å². The molecule has 0 bridgehead atoms. The molecule has 1 heterocycles. The summed E-state index contributed by atoms with van der Waals surface area (Å²) in [7, 11) is 4.21. The van der Waals surface area contributed by atoms with Crippen LogP contribution in [0.15, 0.2) is 24.3 Å². The molecule has 21 heavy (non-hydrogen) atoms. The molecular weight excluding hydrogens is 264 g/mol. The minimum absolute atomic E-state index is 0.0450. The standard InChI is InChI=1S/C16H26N4O/c1-19(2)15-7-4-8-20(11-15)12-16(21)18-14-6-3-5-13(9-14)10-17/h3,5-6,9,15H,4,7-8,10-12,17H2,1-2H3,(H,18,21). The number of likely N-dealkylation sites (N-methyl/N-ethyl adjacent to an activating group) is 1. The van der Waals surface area contributed by atoms with Crippen LogP contribution in [-0.2, 0) is 11.3 Å². The molecule has 0 saturated carbocycles. The minimum Gasteiger partial charge on any atom is -0.326 e. The van der Waals surface area contributed by atoms with E-state index in [0.717, 1.165) is 30.8 Å². The molecule has 3 N–H and O–H groups in total. The molecular formula is C16H26N4O. The molecule has 1 unspecified atom stereocenters. The first kappa shape index (κ1) is 15.9. The van der Waals surface area contributed by atoms with Gasteiger partial charge in [-0.25, -0.2) is 0 Å². The number of carbonyl (C=O) groups excluding carboxylic acids is 1. The number of hydrogen-bond donors (Lipinski definition) is 2. The zero-order chi connectivity index (χ0) is 15.2. The highest BCUT2D eigenvalue weighted by atomic mass is 16.2. The third-order valence-electron chi connectivity index (χ3n) is 4.02. The second-order valence-corrected chi connectivity index (χ2v) is 5.95. The minimum atomic E-state index is 0.0450. The van der Waals surface area contributed by atoms with E-state index in [4.69, 9.17) is 5.73 Å². The lowest BCUT2D eigenvalue weighted by Gasteiger charge is -2.35. The first-order valence-corrected chi connectivity index (χ1v) is 7.56. The van der Waals surface area contributed by atoms with Crippen LogP contribution in [0, 0.1) is 0 Å². The van der Waals surface area contributed by atoms with Gasteiger partial charge in [-0.15, -0.1) is 0 Å². The molecule has 0 spiro atoms. The summed E-state index contributed by atoms with van der Waals surface area (Å²) < 4.78 is 0. The van der Waals surface area contributed by atoms with E-state index in [0.29, 0.717) is 19.1 Å². The van der Waals surface area contributed by atoms with Crippen molar-refractivity contribution in [3.8, 4) is 0 Å². The summed E-state index contributed by atoms with van der Waals surface area (Å²) in [6.45, 7) is 2.90. The largest absolute Gasteiger partial charge is 0.326 e. The monoisotopic (exact) mass is 290 g/mol. The van der Waals surface area contributed by atoms with Gasteiger partial charge in [-0.3, -0.25) is 9.69 Å². The quantitative estimate of drug-likeness (QED) is 0.853. The van der Waals surface area contributed by atoms with Gasteiger partial charge < -0.3 is 16.0 Å². The van der Waals surface area contributed by atoms with E-state index in [1.54, 1.807) is 0 Å². The van der Waals surface area contributed by atoms with E-state index in [1.165, 1.54) is 6.42 Å². The average Bonchev–Trinajstić information content (AvgIpc) is 2.47. The summed E-state index contributed by atoms with van der Waals surface area (Å²) in [5.41, 5.74) is 7.47. The fourth-order valence-corrected chi connectivity index (χ4v) is 2.78. The van der Waals surface area contributed by atoms with Crippen molar-refractivity contribution in [3.05, 3.63) is 29.8 Å². The van der Waals surface area contributed by atoms with Crippen LogP contribution in [-0.4, -0.2) is 55.5 Å². The zero-order valence-electron chi connectivity index (χ0n) is 13.0. The molecule has 1 aliphatic heterocycles. The lowest BCUT2D eigenvalue weighted by molar-refractivity contribution is -0.117. The number of carbonyl (C=O) groups is 1. The van der Waals surface area contributed by atoms with Gasteiger partial charge >= 0.3 is 0 Å². The smallest absolute Gasteiger partial charge is 0.238 e. The topological polar surface area (TPSA) is 61.6 Å². The molecule has 1 amide bonds. The van der Waals surface area contributed by atoms with E-state index in [-0.39, 0.29) is 5.91 Å². The fourth-order valence-electron chi connectivity index (χ4n) is 2.78. The summed E-state index contributed by atoms with van der Waals surface area (Å²) in [6.07, 6.45) is 2.36. The maximum absolute atomic E-state index is 12.2. The van der Waals surface area contributed by atoms with Crippen LogP contribution in [0.2, 0.25) is 0 Å². The molecule has 1 saturated heterocycles. The zero-order valence-corrected chi connectivity index (χ0v) is 13.0. The van der Waals surface area contributed by atoms with Gasteiger partial charge in [-0.2, -0.15) is 0 Å². The molecule has 0 aliphatic carbocycles. The Bertz CT molecular complexity index is 475. The van der Waals surface area contributed by atoms with Crippen LogP contribution >= 0.6 is 0 Å². The highest BCUT2D eigenvalue weighted by Crippen LogP contribution is 2.14. The summed E-state index contributed by atoms with van der Waals surface area (Å²) >= 11 is 0. The van der Waals surface area contributed by atoms with Gasteiger partial charge in [0.1, 0.15) is 0 Å². The van der Waals surface area contributed by atoms with Crippen molar-refractivity contribution in [1.29, 1.82) is 0 Å². The van der Waals surface area contributed by atoms with Crippen molar-refractivity contribution in [2.75, 3.05) is 39.0 Å². The van der Waals surface area contributed by atoms with E-state index in [9.17, 15) is 4.79 Å². The Labute approximate surface area is 127 Å². The lowest BCUT2D eigenvalue weighted by Crippen LogP contribution is -2.47. The molecule has 5 heteroatoms. The van der Waals surface area contributed by atoms with Crippen LogP contribution < -0.4 is 11.1 Å². The highest BCUT2D eigenvalue weighted by molar-refractivity contribution is 5.92. The SMILES string of the molecule is CN(C)C1CCCN(CC(=O)Nc2cccc(CN)c2)C1. The molecule has 1 aliphatic rings. The third kappa shape index (κ3) is 4.81. The first-order chi connectivity index (χ1) is 10.1. The molecule has 1 aromatic rings. The van der Waals surface area contributed by atoms with Gasteiger partial charge in [0.05, 0.1) is 6.54 Å². The van der Waals surface area contributed by atoms with Gasteiger partial charge in [0.2, 0.25) is 5.91 Å². The first-order valence-electron chi connectivity index (χ1n) is 7.56. The number of benzene rings is 1. The molecule has 2 rings (SSSR count). The third-order valence-corrected chi connectivity index (χ3v) is 4.02. The molecule has 5 nitrogen and oxygen atoms in total. The van der Waals surface area contributed by atoms with Gasteiger partial charge in [0, 0.05) is 24.8 Å². The predicted molar refractivity (Wildman–Crippen MR) is 86.1 cm³/mol. The number of nitrogens with one attached hydrogen (secondary N) is 1. The molecule has 1 atom stereocenters. The number of hydrogen-bond acceptors (Lipinski definition) is 4. The van der Waals surface area contributed by atoms with Gasteiger partial charge in [-0.05, 0) is 51.2 Å². The van der Waals surface area contributed by atoms with Crippen LogP contribution in [0.25, 0.3) is 0 Å². The Morgan fingerprint density at radius 2 is 2.29 bits per heavy atom. The van der Waals surface area contributed by atoms with Crippen molar-refractivity contribution in [2.24, 2.45) is 5.73 Å². The number of nitrogens with zero attached hydrogens (tertiary/aromatic N) is 2.